The fraction of sp³-hybridized carbons (Fsp3) is 0.176. The molecule has 0 saturated carbocycles. The highest BCUT2D eigenvalue weighted by Gasteiger charge is 2.18. The third kappa shape index (κ3) is 3.24. The van der Waals surface area contributed by atoms with Crippen LogP contribution in [0.25, 0.3) is 11.0 Å². The van der Waals surface area contributed by atoms with Crippen molar-refractivity contribution in [2.75, 3.05) is 5.32 Å². The van der Waals surface area contributed by atoms with Crippen LogP contribution in [-0.2, 0) is 11.3 Å². The number of hydrogen-bond acceptors (Lipinski definition) is 2. The summed E-state index contributed by atoms with van der Waals surface area (Å²) in [6.07, 6.45) is -1.24. The highest BCUT2D eigenvalue weighted by atomic mass is 19.3. The second-order valence-electron chi connectivity index (χ2n) is 5.22. The molecule has 0 atom stereocenters. The van der Waals surface area contributed by atoms with Gasteiger partial charge in [0.25, 0.3) is 6.43 Å². The summed E-state index contributed by atoms with van der Waals surface area (Å²) < 4.78 is 41.2. The van der Waals surface area contributed by atoms with Crippen LogP contribution in [0.15, 0.2) is 48.7 Å². The molecule has 24 heavy (non-hydrogen) atoms. The van der Waals surface area contributed by atoms with Crippen molar-refractivity contribution in [1.82, 2.24) is 9.55 Å². The zero-order valence-corrected chi connectivity index (χ0v) is 12.5. The third-order valence-electron chi connectivity index (χ3n) is 3.62. The summed E-state index contributed by atoms with van der Waals surface area (Å²) in [4.78, 5) is 16.1. The Kier molecular flexibility index (Phi) is 4.50. The summed E-state index contributed by atoms with van der Waals surface area (Å²) in [5.41, 5.74) is 0.265. The maximum absolute atomic E-state index is 13.5. The van der Waals surface area contributed by atoms with Crippen LogP contribution in [0.1, 0.15) is 18.5 Å². The smallest absolute Gasteiger partial charge is 0.278 e. The predicted octanol–water partition coefficient (Wildman–Crippen LogP) is 4.14. The number of alkyl halides is 2. The quantitative estimate of drug-likeness (QED) is 0.763. The zero-order valence-electron chi connectivity index (χ0n) is 12.5. The Morgan fingerprint density at radius 1 is 1.21 bits per heavy atom. The number of rotatable bonds is 5. The average molecular weight is 333 g/mol. The summed E-state index contributed by atoms with van der Waals surface area (Å²) in [5.74, 6) is -1.01. The van der Waals surface area contributed by atoms with Crippen LogP contribution >= 0.6 is 0 Å². The molecule has 7 heteroatoms. The van der Waals surface area contributed by atoms with Gasteiger partial charge in [-0.15, -0.1) is 0 Å². The molecule has 2 heterocycles. The van der Waals surface area contributed by atoms with E-state index in [1.807, 2.05) is 0 Å². The van der Waals surface area contributed by atoms with E-state index in [0.717, 1.165) is 0 Å². The van der Waals surface area contributed by atoms with Crippen molar-refractivity contribution in [2.45, 2.75) is 19.4 Å². The molecule has 0 spiro atoms. The standard InChI is InChI=1S/C17H14F3N3O/c18-12-5-1-2-6-13(12)22-15(24)7-9-23-14(16(19)20)10-11-4-3-8-21-17(11)23/h1-6,8,10,16H,7,9H2,(H,22,24). The van der Waals surface area contributed by atoms with Crippen LogP contribution in [0.5, 0.6) is 0 Å². The number of carbonyl (C=O) groups excluding carboxylic acids is 1. The van der Waals surface area contributed by atoms with Gasteiger partial charge in [0.15, 0.2) is 0 Å². The van der Waals surface area contributed by atoms with Gasteiger partial charge in [-0.25, -0.2) is 18.2 Å². The molecule has 0 saturated heterocycles. The van der Waals surface area contributed by atoms with Gasteiger partial charge in [-0.1, -0.05) is 12.1 Å². The number of aromatic nitrogens is 2. The lowest BCUT2D eigenvalue weighted by atomic mass is 10.3. The summed E-state index contributed by atoms with van der Waals surface area (Å²) in [7, 11) is 0. The predicted molar refractivity (Wildman–Crippen MR) is 84.3 cm³/mol. The molecular formula is C17H14F3N3O. The van der Waals surface area contributed by atoms with Crippen LogP contribution < -0.4 is 5.32 Å². The van der Waals surface area contributed by atoms with Gasteiger partial charge in [-0.2, -0.15) is 0 Å². The number of fused-ring (bicyclic) bond motifs is 1. The Morgan fingerprint density at radius 3 is 2.75 bits per heavy atom. The summed E-state index contributed by atoms with van der Waals surface area (Å²) >= 11 is 0. The molecule has 3 rings (SSSR count). The van der Waals surface area contributed by atoms with Gasteiger partial charge in [-0.05, 0) is 30.3 Å². The van der Waals surface area contributed by atoms with Gasteiger partial charge in [0.2, 0.25) is 5.91 Å². The number of carbonyl (C=O) groups is 1. The number of nitrogens with one attached hydrogen (secondary N) is 1. The molecule has 0 bridgehead atoms. The van der Waals surface area contributed by atoms with Crippen LogP contribution in [-0.4, -0.2) is 15.5 Å². The lowest BCUT2D eigenvalue weighted by Gasteiger charge is -2.10. The van der Waals surface area contributed by atoms with Crippen molar-refractivity contribution < 1.29 is 18.0 Å². The molecule has 0 fully saturated rings. The van der Waals surface area contributed by atoms with E-state index < -0.39 is 18.1 Å². The fourth-order valence-corrected chi connectivity index (χ4v) is 2.51. The van der Waals surface area contributed by atoms with Gasteiger partial charge in [0, 0.05) is 24.5 Å². The van der Waals surface area contributed by atoms with Crippen molar-refractivity contribution in [1.29, 1.82) is 0 Å². The fourth-order valence-electron chi connectivity index (χ4n) is 2.51. The monoisotopic (exact) mass is 333 g/mol. The SMILES string of the molecule is O=C(CCn1c(C(F)F)cc2cccnc21)Nc1ccccc1F. The summed E-state index contributed by atoms with van der Waals surface area (Å²) in [6, 6.07) is 10.5. The maximum atomic E-state index is 13.5. The second kappa shape index (κ2) is 6.74. The number of halogens is 3. The molecule has 0 unspecified atom stereocenters. The van der Waals surface area contributed by atoms with Gasteiger partial charge in [-0.3, -0.25) is 4.79 Å². The number of hydrogen-bond donors (Lipinski definition) is 1. The first-order valence-electron chi connectivity index (χ1n) is 7.33. The maximum Gasteiger partial charge on any atom is 0.278 e. The first kappa shape index (κ1) is 16.0. The van der Waals surface area contributed by atoms with Crippen LogP contribution in [0, 0.1) is 5.82 Å². The highest BCUT2D eigenvalue weighted by molar-refractivity contribution is 5.90. The van der Waals surface area contributed by atoms with Crippen molar-refractivity contribution in [2.24, 2.45) is 0 Å². The molecular weight excluding hydrogens is 319 g/mol. The van der Waals surface area contributed by atoms with E-state index >= 15 is 0 Å². The molecule has 4 nitrogen and oxygen atoms in total. The normalized spacial score (nSPS) is 11.2. The van der Waals surface area contributed by atoms with Gasteiger partial charge in [0.05, 0.1) is 11.4 Å². The molecule has 0 aliphatic heterocycles. The third-order valence-corrected chi connectivity index (χ3v) is 3.62. The average Bonchev–Trinajstić information content (AvgIpc) is 2.94. The van der Waals surface area contributed by atoms with E-state index in [0.29, 0.717) is 11.0 Å². The number of amides is 1. The number of nitrogens with zero attached hydrogens (tertiary/aromatic N) is 2. The Labute approximate surface area is 135 Å². The summed E-state index contributed by atoms with van der Waals surface area (Å²) in [5, 5.41) is 3.02. The molecule has 1 amide bonds. The molecule has 1 N–H and O–H groups in total. The molecule has 0 radical (unpaired) electrons. The molecule has 3 aromatic rings. The van der Waals surface area contributed by atoms with Gasteiger partial charge >= 0.3 is 0 Å². The van der Waals surface area contributed by atoms with Crippen LogP contribution in [0.2, 0.25) is 0 Å². The number of anilines is 1. The van der Waals surface area contributed by atoms with Crippen molar-refractivity contribution in [3.8, 4) is 0 Å². The first-order valence-corrected chi connectivity index (χ1v) is 7.33. The van der Waals surface area contributed by atoms with E-state index in [4.69, 9.17) is 0 Å². The van der Waals surface area contributed by atoms with Crippen molar-refractivity contribution in [3.05, 3.63) is 60.2 Å². The number of pyridine rings is 1. The Bertz CT molecular complexity index is 876. The van der Waals surface area contributed by atoms with E-state index in [1.165, 1.54) is 35.0 Å². The molecule has 1 aromatic carbocycles. The van der Waals surface area contributed by atoms with E-state index in [-0.39, 0.29) is 24.3 Å². The molecule has 0 aliphatic rings. The lowest BCUT2D eigenvalue weighted by Crippen LogP contribution is -2.16. The Balaban J connectivity index is 1.77. The molecule has 2 aromatic heterocycles. The molecule has 124 valence electrons. The van der Waals surface area contributed by atoms with E-state index in [9.17, 15) is 18.0 Å². The molecule has 0 aliphatic carbocycles. The number of para-hydroxylation sites is 1. The van der Waals surface area contributed by atoms with Gasteiger partial charge in [0.1, 0.15) is 11.5 Å². The first-order chi connectivity index (χ1) is 11.6. The number of benzene rings is 1. The topological polar surface area (TPSA) is 46.9 Å². The van der Waals surface area contributed by atoms with Gasteiger partial charge < -0.3 is 9.88 Å². The Morgan fingerprint density at radius 2 is 2.00 bits per heavy atom. The number of aryl methyl sites for hydroxylation is 1. The minimum atomic E-state index is -2.67. The van der Waals surface area contributed by atoms with E-state index in [2.05, 4.69) is 10.3 Å². The Hall–Kier alpha value is -2.83. The zero-order chi connectivity index (χ0) is 17.1. The lowest BCUT2D eigenvalue weighted by molar-refractivity contribution is -0.116. The largest absolute Gasteiger partial charge is 0.324 e. The minimum Gasteiger partial charge on any atom is -0.324 e. The van der Waals surface area contributed by atoms with Crippen molar-refractivity contribution >= 4 is 22.6 Å². The summed E-state index contributed by atoms with van der Waals surface area (Å²) in [6.45, 7) is 0.0282. The van der Waals surface area contributed by atoms with E-state index in [1.54, 1.807) is 18.2 Å². The van der Waals surface area contributed by atoms with Crippen LogP contribution in [0.4, 0.5) is 18.9 Å². The van der Waals surface area contributed by atoms with Crippen molar-refractivity contribution in [3.63, 3.8) is 0 Å². The minimum absolute atomic E-state index is 0.0282. The highest BCUT2D eigenvalue weighted by Crippen LogP contribution is 2.26. The second-order valence-corrected chi connectivity index (χ2v) is 5.22. The van der Waals surface area contributed by atoms with Crippen LogP contribution in [0.3, 0.4) is 0 Å².